The fourth-order valence-electron chi connectivity index (χ4n) is 3.30. The number of fused-ring (bicyclic) bond motifs is 1. The van der Waals surface area contributed by atoms with Gasteiger partial charge < -0.3 is 4.98 Å². The van der Waals surface area contributed by atoms with Crippen molar-refractivity contribution < 1.29 is 0 Å². The Morgan fingerprint density at radius 3 is 2.10 bits per heavy atom. The maximum Gasteiger partial charge on any atom is 0.258 e. The number of thioether (sulfide) groups is 1. The van der Waals surface area contributed by atoms with E-state index in [1.165, 1.54) is 11.8 Å². The Morgan fingerprint density at radius 1 is 0.710 bits per heavy atom. The molecule has 31 heavy (non-hydrogen) atoms. The molecule has 1 N–H and O–H groups in total. The molecule has 6 nitrogen and oxygen atoms in total. The number of nitrogens with one attached hydrogen (secondary N) is 1. The summed E-state index contributed by atoms with van der Waals surface area (Å²) in [4.78, 5) is 24.5. The highest BCUT2D eigenvalue weighted by Crippen LogP contribution is 2.30. The van der Waals surface area contributed by atoms with Gasteiger partial charge in [-0.15, -0.1) is 10.2 Å². The second-order valence-corrected chi connectivity index (χ2v) is 7.78. The van der Waals surface area contributed by atoms with Gasteiger partial charge in [0.1, 0.15) is 17.2 Å². The lowest BCUT2D eigenvalue weighted by Gasteiger charge is -2.09. The highest BCUT2D eigenvalue weighted by Gasteiger charge is 2.14. The molecule has 0 aliphatic rings. The normalized spacial score (nSPS) is 11.0. The number of para-hydroxylation sites is 1. The molecule has 150 valence electrons. The minimum Gasteiger partial charge on any atom is -0.309 e. The number of hydrogen-bond acceptors (Lipinski definition) is 6. The molecule has 3 aromatic carbocycles. The van der Waals surface area contributed by atoms with Gasteiger partial charge in [-0.3, -0.25) is 4.79 Å². The van der Waals surface area contributed by atoms with Gasteiger partial charge in [-0.05, 0) is 12.1 Å². The quantitative estimate of drug-likeness (QED) is 0.411. The van der Waals surface area contributed by atoms with Crippen molar-refractivity contribution in [3.8, 4) is 22.5 Å². The molecule has 0 fully saturated rings. The average Bonchev–Trinajstić information content (AvgIpc) is 2.84. The molecule has 0 bridgehead atoms. The van der Waals surface area contributed by atoms with Crippen LogP contribution in [0.4, 0.5) is 0 Å². The lowest BCUT2D eigenvalue weighted by Crippen LogP contribution is -2.11. The summed E-state index contributed by atoms with van der Waals surface area (Å²) in [6, 6.07) is 27.1. The maximum absolute atomic E-state index is 12.3. The van der Waals surface area contributed by atoms with Crippen LogP contribution in [0.5, 0.6) is 0 Å². The van der Waals surface area contributed by atoms with Crippen molar-refractivity contribution in [1.29, 1.82) is 0 Å². The predicted octanol–water partition coefficient (Wildman–Crippen LogP) is 4.73. The largest absolute Gasteiger partial charge is 0.309 e. The van der Waals surface area contributed by atoms with Crippen LogP contribution in [0.25, 0.3) is 33.4 Å². The Hall–Kier alpha value is -3.84. The van der Waals surface area contributed by atoms with Gasteiger partial charge in [0.25, 0.3) is 5.56 Å². The zero-order valence-electron chi connectivity index (χ0n) is 16.4. The van der Waals surface area contributed by atoms with Gasteiger partial charge in [0.15, 0.2) is 0 Å². The third-order valence-corrected chi connectivity index (χ3v) is 5.61. The first-order valence-corrected chi connectivity index (χ1v) is 10.7. The van der Waals surface area contributed by atoms with Crippen molar-refractivity contribution in [2.24, 2.45) is 0 Å². The number of aromatic amines is 1. The summed E-state index contributed by atoms with van der Waals surface area (Å²) in [5.74, 6) is 1.01. The molecule has 0 atom stereocenters. The van der Waals surface area contributed by atoms with E-state index in [1.54, 1.807) is 6.07 Å². The van der Waals surface area contributed by atoms with E-state index in [2.05, 4.69) is 20.2 Å². The first-order valence-electron chi connectivity index (χ1n) is 9.74. The van der Waals surface area contributed by atoms with E-state index in [-0.39, 0.29) is 5.56 Å². The number of H-pyrrole nitrogens is 1. The highest BCUT2D eigenvalue weighted by atomic mass is 32.2. The Morgan fingerprint density at radius 2 is 1.35 bits per heavy atom. The number of benzene rings is 3. The van der Waals surface area contributed by atoms with Crippen LogP contribution in [-0.2, 0) is 5.75 Å². The number of aromatic nitrogens is 5. The lowest BCUT2D eigenvalue weighted by atomic mass is 10.0. The third-order valence-electron chi connectivity index (χ3n) is 4.76. The van der Waals surface area contributed by atoms with E-state index in [4.69, 9.17) is 4.98 Å². The molecule has 7 heteroatoms. The van der Waals surface area contributed by atoms with Gasteiger partial charge >= 0.3 is 0 Å². The van der Waals surface area contributed by atoms with E-state index in [1.807, 2.05) is 78.9 Å². The minimum atomic E-state index is -0.148. The molecule has 2 heterocycles. The van der Waals surface area contributed by atoms with Crippen LogP contribution in [0.1, 0.15) is 5.82 Å². The van der Waals surface area contributed by atoms with Crippen molar-refractivity contribution >= 4 is 22.7 Å². The van der Waals surface area contributed by atoms with Crippen LogP contribution in [0, 0.1) is 0 Å². The molecule has 0 saturated carbocycles. The summed E-state index contributed by atoms with van der Waals surface area (Å²) in [6.07, 6.45) is 0. The van der Waals surface area contributed by atoms with Gasteiger partial charge in [-0.2, -0.15) is 0 Å². The molecule has 5 aromatic rings. The molecule has 5 rings (SSSR count). The summed E-state index contributed by atoms with van der Waals surface area (Å²) in [7, 11) is 0. The van der Waals surface area contributed by atoms with Crippen LogP contribution in [0.15, 0.2) is 94.9 Å². The topological polar surface area (TPSA) is 84.4 Å². The standard InChI is InChI=1S/C24H17N5OS/c30-23-18-13-7-8-14-19(18)25-20(26-23)15-31-24-27-21(16-9-3-1-4-10-16)22(28-29-24)17-11-5-2-6-12-17/h1-14H,15H2,(H,25,26,30). The van der Waals surface area contributed by atoms with E-state index < -0.39 is 0 Å². The Balaban J connectivity index is 1.48. The number of rotatable bonds is 5. The van der Waals surface area contributed by atoms with Crippen molar-refractivity contribution in [3.63, 3.8) is 0 Å². The molecule has 0 unspecified atom stereocenters. The van der Waals surface area contributed by atoms with E-state index in [0.29, 0.717) is 27.6 Å². The van der Waals surface area contributed by atoms with E-state index >= 15 is 0 Å². The number of hydrogen-bond donors (Lipinski definition) is 1. The maximum atomic E-state index is 12.3. The second kappa shape index (κ2) is 8.49. The molecular formula is C24H17N5OS. The molecule has 2 aromatic heterocycles. The predicted molar refractivity (Wildman–Crippen MR) is 123 cm³/mol. The van der Waals surface area contributed by atoms with Crippen molar-refractivity contribution in [2.75, 3.05) is 0 Å². The first kappa shape index (κ1) is 19.1. The molecule has 0 saturated heterocycles. The monoisotopic (exact) mass is 423 g/mol. The van der Waals surface area contributed by atoms with Crippen LogP contribution in [0.2, 0.25) is 0 Å². The summed E-state index contributed by atoms with van der Waals surface area (Å²) in [6.45, 7) is 0. The first-order chi connectivity index (χ1) is 15.3. The number of nitrogens with zero attached hydrogens (tertiary/aromatic N) is 4. The molecule has 0 amide bonds. The zero-order chi connectivity index (χ0) is 21.0. The summed E-state index contributed by atoms with van der Waals surface area (Å²) < 4.78 is 0. The van der Waals surface area contributed by atoms with E-state index in [0.717, 1.165) is 22.5 Å². The second-order valence-electron chi connectivity index (χ2n) is 6.84. The van der Waals surface area contributed by atoms with Crippen LogP contribution >= 0.6 is 11.8 Å². The smallest absolute Gasteiger partial charge is 0.258 e. The molecule has 0 aliphatic heterocycles. The lowest BCUT2D eigenvalue weighted by molar-refractivity contribution is 0.848. The van der Waals surface area contributed by atoms with Crippen molar-refractivity contribution in [1.82, 2.24) is 25.1 Å². The fourth-order valence-corrected chi connectivity index (χ4v) is 3.95. The van der Waals surface area contributed by atoms with Crippen molar-refractivity contribution in [3.05, 3.63) is 101 Å². The summed E-state index contributed by atoms with van der Waals surface area (Å²) in [5.41, 5.74) is 3.95. The van der Waals surface area contributed by atoms with Gasteiger partial charge in [0, 0.05) is 11.1 Å². The van der Waals surface area contributed by atoms with Crippen LogP contribution in [0.3, 0.4) is 0 Å². The molecule has 0 spiro atoms. The van der Waals surface area contributed by atoms with Gasteiger partial charge in [-0.1, -0.05) is 84.6 Å². The summed E-state index contributed by atoms with van der Waals surface area (Å²) >= 11 is 1.39. The zero-order valence-corrected chi connectivity index (χ0v) is 17.2. The Kier molecular flexibility index (Phi) is 5.24. The van der Waals surface area contributed by atoms with Gasteiger partial charge in [0.05, 0.1) is 16.7 Å². The van der Waals surface area contributed by atoms with Gasteiger partial charge in [0.2, 0.25) is 5.16 Å². The Bertz CT molecular complexity index is 1400. The summed E-state index contributed by atoms with van der Waals surface area (Å²) in [5, 5.41) is 9.90. The third kappa shape index (κ3) is 4.08. The molecule has 0 radical (unpaired) electrons. The van der Waals surface area contributed by atoms with Crippen LogP contribution in [-0.4, -0.2) is 25.1 Å². The minimum absolute atomic E-state index is 0.148. The fraction of sp³-hybridized carbons (Fsp3) is 0.0417. The van der Waals surface area contributed by atoms with Crippen molar-refractivity contribution in [2.45, 2.75) is 10.9 Å². The average molecular weight is 424 g/mol. The molecular weight excluding hydrogens is 406 g/mol. The molecule has 0 aliphatic carbocycles. The highest BCUT2D eigenvalue weighted by molar-refractivity contribution is 7.98. The van der Waals surface area contributed by atoms with E-state index in [9.17, 15) is 4.79 Å². The van der Waals surface area contributed by atoms with Gasteiger partial charge in [-0.25, -0.2) is 9.97 Å². The van der Waals surface area contributed by atoms with Crippen LogP contribution < -0.4 is 5.56 Å². The SMILES string of the molecule is O=c1[nH]c(CSc2nnc(-c3ccccc3)c(-c3ccccc3)n2)nc2ccccc12. The Labute approximate surface area is 182 Å².